The molecule has 326 valence electrons. The molecule has 0 aromatic carbocycles. The minimum Gasteiger partial charge on any atom is -0.391 e. The lowest BCUT2D eigenvalue weighted by molar-refractivity contribution is -0.135. The normalized spacial score (nSPS) is 14.5. The lowest BCUT2D eigenvalue weighted by atomic mass is 10.1. The molecule has 0 rings (SSSR count). The van der Waals surface area contributed by atoms with Crippen LogP contribution >= 0.6 is 0 Å². The lowest BCUT2D eigenvalue weighted by Gasteiger charge is -2.26. The van der Waals surface area contributed by atoms with Crippen molar-refractivity contribution in [1.29, 1.82) is 0 Å². The molecular weight excluding hydrogens is 750 g/mol. The maximum atomic E-state index is 13.3. The first-order chi connectivity index (χ1) is 27.0. The van der Waals surface area contributed by atoms with Gasteiger partial charge >= 0.3 is 0 Å². The Labute approximate surface area is 332 Å². The van der Waals surface area contributed by atoms with E-state index in [4.69, 9.17) is 22.9 Å². The molecule has 0 aliphatic carbocycles. The SMILES string of the molecule is CCCC(=O)NC(CCN)C(=O)NCC(=O)NC(CCN)C(=O)NCC(=O)NC(CC)C(=O)NC(CCN)C(=O)NC(CCN)C(=O)NC(C(=O)NCC)C(C)O. The van der Waals surface area contributed by atoms with Crippen molar-refractivity contribution >= 4 is 53.2 Å². The fourth-order valence-electron chi connectivity index (χ4n) is 5.15. The quantitative estimate of drug-likeness (QED) is 0.0334. The second kappa shape index (κ2) is 29.3. The van der Waals surface area contributed by atoms with Crippen LogP contribution in [-0.2, 0) is 43.2 Å². The second-order valence-corrected chi connectivity index (χ2v) is 13.0. The Morgan fingerprint density at radius 3 is 1.21 bits per heavy atom. The van der Waals surface area contributed by atoms with Crippen LogP contribution in [0.5, 0.6) is 0 Å². The molecule has 0 heterocycles. The highest BCUT2D eigenvalue weighted by Gasteiger charge is 2.32. The van der Waals surface area contributed by atoms with Crippen LogP contribution in [0.2, 0.25) is 0 Å². The summed E-state index contributed by atoms with van der Waals surface area (Å²) >= 11 is 0. The van der Waals surface area contributed by atoms with E-state index in [-0.39, 0.29) is 77.2 Å². The summed E-state index contributed by atoms with van der Waals surface area (Å²) in [6, 6.07) is -7.13. The fraction of sp³-hybridized carbons (Fsp3) is 0.735. The van der Waals surface area contributed by atoms with E-state index < -0.39 is 103 Å². The van der Waals surface area contributed by atoms with Crippen molar-refractivity contribution in [3.05, 3.63) is 0 Å². The average molecular weight is 816 g/mol. The monoisotopic (exact) mass is 815 g/mol. The van der Waals surface area contributed by atoms with E-state index in [0.717, 1.165) is 0 Å². The zero-order valence-corrected chi connectivity index (χ0v) is 33.4. The van der Waals surface area contributed by atoms with Gasteiger partial charge in [-0.25, -0.2) is 0 Å². The minimum atomic E-state index is -1.31. The molecule has 0 aromatic heterocycles. The van der Waals surface area contributed by atoms with Gasteiger partial charge in [-0.2, -0.15) is 0 Å². The first-order valence-corrected chi connectivity index (χ1v) is 19.1. The Balaban J connectivity index is 5.39. The molecule has 0 aromatic rings. The van der Waals surface area contributed by atoms with Gasteiger partial charge in [0.2, 0.25) is 53.2 Å². The summed E-state index contributed by atoms with van der Waals surface area (Å²) in [6.45, 7) is 5.44. The van der Waals surface area contributed by atoms with Crippen molar-refractivity contribution in [1.82, 2.24) is 47.9 Å². The molecule has 0 saturated heterocycles. The highest BCUT2D eigenvalue weighted by Crippen LogP contribution is 2.02. The maximum absolute atomic E-state index is 13.3. The molecule has 0 aliphatic rings. The molecule has 23 heteroatoms. The van der Waals surface area contributed by atoms with Gasteiger partial charge in [0.05, 0.1) is 19.2 Å². The van der Waals surface area contributed by atoms with E-state index in [0.29, 0.717) is 6.42 Å². The van der Waals surface area contributed by atoms with E-state index in [9.17, 15) is 48.3 Å². The summed E-state index contributed by atoms with van der Waals surface area (Å²) in [5, 5.41) is 32.1. The van der Waals surface area contributed by atoms with Crippen molar-refractivity contribution in [2.75, 3.05) is 45.8 Å². The largest absolute Gasteiger partial charge is 0.391 e. The number of carbonyl (C=O) groups excluding carboxylic acids is 9. The minimum absolute atomic E-state index is 0.0231. The number of amides is 9. The number of rotatable bonds is 29. The predicted octanol–water partition coefficient (Wildman–Crippen LogP) is -6.75. The molecule has 0 spiro atoms. The number of hydrogen-bond acceptors (Lipinski definition) is 14. The Bertz CT molecular complexity index is 1340. The number of aliphatic hydroxyl groups excluding tert-OH is 1. The molecule has 23 nitrogen and oxygen atoms in total. The second-order valence-electron chi connectivity index (χ2n) is 13.0. The molecule has 0 saturated carbocycles. The molecule has 18 N–H and O–H groups in total. The number of nitrogens with one attached hydrogen (secondary N) is 9. The van der Waals surface area contributed by atoms with Crippen molar-refractivity contribution in [2.24, 2.45) is 22.9 Å². The van der Waals surface area contributed by atoms with Gasteiger partial charge in [0.15, 0.2) is 0 Å². The van der Waals surface area contributed by atoms with Gasteiger partial charge in [-0.05, 0) is 78.6 Å². The van der Waals surface area contributed by atoms with Crippen LogP contribution in [0.3, 0.4) is 0 Å². The molecule has 9 amide bonds. The molecule has 7 unspecified atom stereocenters. The lowest BCUT2D eigenvalue weighted by Crippen LogP contribution is -2.60. The topological polar surface area (TPSA) is 386 Å². The van der Waals surface area contributed by atoms with E-state index in [1.807, 2.05) is 0 Å². The smallest absolute Gasteiger partial charge is 0.245 e. The molecular formula is C34H65N13O10. The third kappa shape index (κ3) is 20.7. The van der Waals surface area contributed by atoms with Gasteiger partial charge in [0.25, 0.3) is 0 Å². The van der Waals surface area contributed by atoms with Crippen molar-refractivity contribution < 1.29 is 48.3 Å². The highest BCUT2D eigenvalue weighted by atomic mass is 16.3. The van der Waals surface area contributed by atoms with Crippen LogP contribution < -0.4 is 70.8 Å². The van der Waals surface area contributed by atoms with Crippen LogP contribution in [0.25, 0.3) is 0 Å². The van der Waals surface area contributed by atoms with E-state index in [1.165, 1.54) is 6.92 Å². The Morgan fingerprint density at radius 2 is 0.842 bits per heavy atom. The third-order valence-corrected chi connectivity index (χ3v) is 8.19. The Hall–Kier alpha value is -4.97. The van der Waals surface area contributed by atoms with Gasteiger partial charge in [0, 0.05) is 13.0 Å². The van der Waals surface area contributed by atoms with Crippen LogP contribution in [-0.4, -0.2) is 146 Å². The van der Waals surface area contributed by atoms with E-state index >= 15 is 0 Å². The number of hydrogen-bond donors (Lipinski definition) is 14. The summed E-state index contributed by atoms with van der Waals surface area (Å²) in [4.78, 5) is 115. The summed E-state index contributed by atoms with van der Waals surface area (Å²) in [6.07, 6.45) is -0.424. The van der Waals surface area contributed by atoms with Crippen molar-refractivity contribution in [2.45, 2.75) is 115 Å². The van der Waals surface area contributed by atoms with Crippen LogP contribution in [0.15, 0.2) is 0 Å². The summed E-state index contributed by atoms with van der Waals surface area (Å²) < 4.78 is 0. The zero-order chi connectivity index (χ0) is 43.5. The van der Waals surface area contributed by atoms with Crippen LogP contribution in [0.1, 0.15) is 72.6 Å². The van der Waals surface area contributed by atoms with Gasteiger partial charge in [-0.1, -0.05) is 13.8 Å². The standard InChI is InChI=1S/C34H65N13O10/c1-5-8-25(49)43-21(9-13-35)29(52)41-18-27(51)44-22(10-14-36)30(53)40-17-26(50)42-20(6-2)31(54)45-23(11-15-37)32(55)46-24(12-16-38)33(56)47-28(19(4)48)34(57)39-7-3/h19-24,28,48H,5-18,35-38H2,1-4H3,(H,39,57)(H,40,53)(H,41,52)(H,42,50)(H,43,49)(H,44,51)(H,45,54)(H,46,55)(H,47,56). The molecule has 57 heavy (non-hydrogen) atoms. The number of nitrogens with two attached hydrogens (primary N) is 4. The van der Waals surface area contributed by atoms with E-state index in [1.54, 1.807) is 20.8 Å². The van der Waals surface area contributed by atoms with Gasteiger partial charge in [0.1, 0.15) is 36.3 Å². The first kappa shape index (κ1) is 52.0. The zero-order valence-electron chi connectivity index (χ0n) is 33.4. The Kier molecular flexibility index (Phi) is 26.7. The highest BCUT2D eigenvalue weighted by molar-refractivity contribution is 5.97. The van der Waals surface area contributed by atoms with Crippen LogP contribution in [0, 0.1) is 0 Å². The molecule has 7 atom stereocenters. The van der Waals surface area contributed by atoms with Gasteiger partial charge in [-0.3, -0.25) is 43.2 Å². The average Bonchev–Trinajstić information content (AvgIpc) is 3.16. The third-order valence-electron chi connectivity index (χ3n) is 8.19. The van der Waals surface area contributed by atoms with Crippen molar-refractivity contribution in [3.8, 4) is 0 Å². The molecule has 0 fully saturated rings. The maximum Gasteiger partial charge on any atom is 0.245 e. The Morgan fingerprint density at radius 1 is 0.474 bits per heavy atom. The van der Waals surface area contributed by atoms with Crippen molar-refractivity contribution in [3.63, 3.8) is 0 Å². The van der Waals surface area contributed by atoms with Gasteiger partial charge in [-0.15, -0.1) is 0 Å². The molecule has 0 bridgehead atoms. The number of carbonyl (C=O) groups is 9. The summed E-state index contributed by atoms with van der Waals surface area (Å²) in [5.41, 5.74) is 22.5. The van der Waals surface area contributed by atoms with E-state index in [2.05, 4.69) is 47.9 Å². The fourth-order valence-corrected chi connectivity index (χ4v) is 5.15. The van der Waals surface area contributed by atoms with Gasteiger partial charge < -0.3 is 75.9 Å². The first-order valence-electron chi connectivity index (χ1n) is 19.1. The summed E-state index contributed by atoms with van der Waals surface area (Å²) in [7, 11) is 0. The van der Waals surface area contributed by atoms with Crippen LogP contribution in [0.4, 0.5) is 0 Å². The molecule has 0 aliphatic heterocycles. The molecule has 0 radical (unpaired) electrons. The summed E-state index contributed by atoms with van der Waals surface area (Å²) in [5.74, 6) is -6.30. The predicted molar refractivity (Wildman–Crippen MR) is 208 cm³/mol. The number of likely N-dealkylation sites (N-methyl/N-ethyl adjacent to an activating group) is 1. The number of aliphatic hydroxyl groups is 1.